The Labute approximate surface area is 129 Å². The molecule has 0 bridgehead atoms. The molecular formula is C17H18ClN3. The van der Waals surface area contributed by atoms with Crippen LogP contribution >= 0.6 is 11.6 Å². The van der Waals surface area contributed by atoms with Crippen LogP contribution in [0.15, 0.2) is 48.5 Å². The zero-order valence-corrected chi connectivity index (χ0v) is 12.7. The normalized spacial score (nSPS) is 12.7. The lowest BCUT2D eigenvalue weighted by molar-refractivity contribution is 0.660. The van der Waals surface area contributed by atoms with Gasteiger partial charge in [0.15, 0.2) is 0 Å². The van der Waals surface area contributed by atoms with Crippen molar-refractivity contribution in [3.05, 3.63) is 64.9 Å². The number of imidazole rings is 1. The van der Waals surface area contributed by atoms with E-state index in [2.05, 4.69) is 23.6 Å². The standard InChI is InChI=1S/C17H18ClN3/c1-2-21-16-9-8-13(18)10-15(16)20-17(21)14(11-19)12-6-4-3-5-7-12/h3-10,14H,2,11,19H2,1H3. The quantitative estimate of drug-likeness (QED) is 0.796. The van der Waals surface area contributed by atoms with E-state index in [1.165, 1.54) is 5.56 Å². The molecule has 0 aliphatic rings. The van der Waals surface area contributed by atoms with Crippen LogP contribution in [-0.4, -0.2) is 16.1 Å². The Morgan fingerprint density at radius 1 is 1.19 bits per heavy atom. The van der Waals surface area contributed by atoms with Crippen molar-refractivity contribution < 1.29 is 0 Å². The van der Waals surface area contributed by atoms with Gasteiger partial charge in [0, 0.05) is 18.1 Å². The van der Waals surface area contributed by atoms with Gasteiger partial charge in [0.1, 0.15) is 5.82 Å². The Balaban J connectivity index is 2.18. The SMILES string of the molecule is CCn1c(C(CN)c2ccccc2)nc2cc(Cl)ccc21. The molecule has 0 saturated carbocycles. The van der Waals surface area contributed by atoms with Gasteiger partial charge in [0.2, 0.25) is 0 Å². The number of nitrogens with two attached hydrogens (primary N) is 1. The van der Waals surface area contributed by atoms with E-state index in [0.717, 1.165) is 23.4 Å². The number of rotatable bonds is 4. The molecule has 0 radical (unpaired) electrons. The van der Waals surface area contributed by atoms with Crippen molar-refractivity contribution in [2.75, 3.05) is 6.54 Å². The Morgan fingerprint density at radius 2 is 1.95 bits per heavy atom. The zero-order chi connectivity index (χ0) is 14.8. The van der Waals surface area contributed by atoms with E-state index in [0.29, 0.717) is 11.6 Å². The third-order valence-electron chi connectivity index (χ3n) is 3.81. The molecule has 3 aromatic rings. The minimum atomic E-state index is 0.0947. The Hall–Kier alpha value is -1.84. The highest BCUT2D eigenvalue weighted by Gasteiger charge is 2.20. The van der Waals surface area contributed by atoms with Crippen LogP contribution in [0.3, 0.4) is 0 Å². The highest BCUT2D eigenvalue weighted by Crippen LogP contribution is 2.28. The molecule has 1 heterocycles. The minimum Gasteiger partial charge on any atom is -0.329 e. The van der Waals surface area contributed by atoms with E-state index in [1.54, 1.807) is 0 Å². The number of aromatic nitrogens is 2. The summed E-state index contributed by atoms with van der Waals surface area (Å²) in [6.07, 6.45) is 0. The summed E-state index contributed by atoms with van der Waals surface area (Å²) in [6.45, 7) is 3.51. The van der Waals surface area contributed by atoms with Crippen molar-refractivity contribution in [2.45, 2.75) is 19.4 Å². The van der Waals surface area contributed by atoms with Crippen LogP contribution in [0.5, 0.6) is 0 Å². The molecule has 2 N–H and O–H groups in total. The second-order valence-electron chi connectivity index (χ2n) is 5.05. The Morgan fingerprint density at radius 3 is 2.62 bits per heavy atom. The molecule has 4 heteroatoms. The number of nitrogens with zero attached hydrogens (tertiary/aromatic N) is 2. The maximum absolute atomic E-state index is 6.08. The molecule has 3 rings (SSSR count). The topological polar surface area (TPSA) is 43.8 Å². The Kier molecular flexibility index (Phi) is 3.95. The monoisotopic (exact) mass is 299 g/mol. The van der Waals surface area contributed by atoms with Gasteiger partial charge in [-0.2, -0.15) is 0 Å². The van der Waals surface area contributed by atoms with Crippen LogP contribution in [0.2, 0.25) is 5.02 Å². The van der Waals surface area contributed by atoms with Crippen LogP contribution in [0.1, 0.15) is 24.2 Å². The smallest absolute Gasteiger partial charge is 0.118 e. The fourth-order valence-corrected chi connectivity index (χ4v) is 2.96. The van der Waals surface area contributed by atoms with Gasteiger partial charge in [-0.3, -0.25) is 0 Å². The molecule has 0 spiro atoms. The lowest BCUT2D eigenvalue weighted by Crippen LogP contribution is -2.18. The van der Waals surface area contributed by atoms with Gasteiger partial charge in [-0.1, -0.05) is 41.9 Å². The molecule has 21 heavy (non-hydrogen) atoms. The van der Waals surface area contributed by atoms with Gasteiger partial charge >= 0.3 is 0 Å². The predicted octanol–water partition coefficient (Wildman–Crippen LogP) is 3.80. The maximum atomic E-state index is 6.08. The van der Waals surface area contributed by atoms with Gasteiger partial charge in [-0.15, -0.1) is 0 Å². The first-order chi connectivity index (χ1) is 10.2. The first kappa shape index (κ1) is 14.1. The molecule has 0 aliphatic carbocycles. The van der Waals surface area contributed by atoms with Crippen molar-refractivity contribution in [3.8, 4) is 0 Å². The van der Waals surface area contributed by atoms with Crippen molar-refractivity contribution >= 4 is 22.6 Å². The molecule has 3 nitrogen and oxygen atoms in total. The first-order valence-electron chi connectivity index (χ1n) is 7.15. The van der Waals surface area contributed by atoms with Gasteiger partial charge in [0.05, 0.1) is 17.0 Å². The fourth-order valence-electron chi connectivity index (χ4n) is 2.80. The minimum absolute atomic E-state index is 0.0947. The zero-order valence-electron chi connectivity index (χ0n) is 12.0. The third kappa shape index (κ3) is 2.55. The van der Waals surface area contributed by atoms with Crippen molar-refractivity contribution in [1.29, 1.82) is 0 Å². The maximum Gasteiger partial charge on any atom is 0.118 e. The Bertz CT molecular complexity index is 749. The van der Waals surface area contributed by atoms with Crippen LogP contribution < -0.4 is 5.73 Å². The molecule has 0 amide bonds. The molecule has 1 aromatic heterocycles. The largest absolute Gasteiger partial charge is 0.329 e. The van der Waals surface area contributed by atoms with Gasteiger partial charge in [0.25, 0.3) is 0 Å². The molecule has 2 aromatic carbocycles. The van der Waals surface area contributed by atoms with Crippen LogP contribution in [0.25, 0.3) is 11.0 Å². The molecule has 1 atom stereocenters. The average Bonchev–Trinajstić information content (AvgIpc) is 2.86. The first-order valence-corrected chi connectivity index (χ1v) is 7.53. The van der Waals surface area contributed by atoms with Crippen molar-refractivity contribution in [1.82, 2.24) is 9.55 Å². The van der Waals surface area contributed by atoms with Gasteiger partial charge < -0.3 is 10.3 Å². The number of fused-ring (bicyclic) bond motifs is 1. The summed E-state index contributed by atoms with van der Waals surface area (Å²) >= 11 is 6.08. The summed E-state index contributed by atoms with van der Waals surface area (Å²) < 4.78 is 2.22. The number of halogens is 1. The summed E-state index contributed by atoms with van der Waals surface area (Å²) in [6, 6.07) is 16.1. The van der Waals surface area contributed by atoms with Crippen LogP contribution in [-0.2, 0) is 6.54 Å². The number of hydrogen-bond donors (Lipinski definition) is 1. The third-order valence-corrected chi connectivity index (χ3v) is 4.04. The second-order valence-corrected chi connectivity index (χ2v) is 5.48. The summed E-state index contributed by atoms with van der Waals surface area (Å²) in [5.74, 6) is 1.10. The van der Waals surface area contributed by atoms with Crippen molar-refractivity contribution in [3.63, 3.8) is 0 Å². The van der Waals surface area contributed by atoms with E-state index in [9.17, 15) is 0 Å². The number of hydrogen-bond acceptors (Lipinski definition) is 2. The average molecular weight is 300 g/mol. The molecule has 0 aliphatic heterocycles. The molecule has 0 fully saturated rings. The van der Waals surface area contributed by atoms with Gasteiger partial charge in [-0.25, -0.2) is 4.98 Å². The second kappa shape index (κ2) is 5.88. The van der Waals surface area contributed by atoms with Crippen LogP contribution in [0.4, 0.5) is 0 Å². The van der Waals surface area contributed by atoms with E-state index in [4.69, 9.17) is 22.3 Å². The van der Waals surface area contributed by atoms with E-state index >= 15 is 0 Å². The predicted molar refractivity (Wildman–Crippen MR) is 87.8 cm³/mol. The summed E-state index contributed by atoms with van der Waals surface area (Å²) in [7, 11) is 0. The van der Waals surface area contributed by atoms with Crippen LogP contribution in [0, 0.1) is 0 Å². The van der Waals surface area contributed by atoms with E-state index in [-0.39, 0.29) is 5.92 Å². The molecule has 0 saturated heterocycles. The van der Waals surface area contributed by atoms with E-state index < -0.39 is 0 Å². The lowest BCUT2D eigenvalue weighted by atomic mass is 9.98. The molecular weight excluding hydrogens is 282 g/mol. The highest BCUT2D eigenvalue weighted by atomic mass is 35.5. The van der Waals surface area contributed by atoms with E-state index in [1.807, 2.05) is 36.4 Å². The molecule has 108 valence electrons. The van der Waals surface area contributed by atoms with Gasteiger partial charge in [-0.05, 0) is 30.7 Å². The van der Waals surface area contributed by atoms with Crippen molar-refractivity contribution in [2.24, 2.45) is 5.73 Å². The highest BCUT2D eigenvalue weighted by molar-refractivity contribution is 6.31. The number of benzene rings is 2. The molecule has 1 unspecified atom stereocenters. The lowest BCUT2D eigenvalue weighted by Gasteiger charge is -2.16. The summed E-state index contributed by atoms with van der Waals surface area (Å²) in [5.41, 5.74) is 9.25. The number of aryl methyl sites for hydroxylation is 1. The summed E-state index contributed by atoms with van der Waals surface area (Å²) in [4.78, 5) is 4.79. The fraction of sp³-hybridized carbons (Fsp3) is 0.235. The summed E-state index contributed by atoms with van der Waals surface area (Å²) in [5, 5.41) is 0.707.